The summed E-state index contributed by atoms with van der Waals surface area (Å²) in [6, 6.07) is 5.89. The number of hydrogen-bond acceptors (Lipinski definition) is 6. The van der Waals surface area contributed by atoms with Crippen LogP contribution in [0.25, 0.3) is 0 Å². The van der Waals surface area contributed by atoms with Crippen LogP contribution in [0.2, 0.25) is 5.02 Å². The summed E-state index contributed by atoms with van der Waals surface area (Å²) in [5.41, 5.74) is 4.21. The number of nitrogens with two attached hydrogens (primary N) is 1. The van der Waals surface area contributed by atoms with Crippen molar-refractivity contribution < 1.29 is 28.4 Å². The Labute approximate surface area is 157 Å². The van der Waals surface area contributed by atoms with Gasteiger partial charge in [-0.3, -0.25) is 19.7 Å². The summed E-state index contributed by atoms with van der Waals surface area (Å²) >= 11 is 5.62. The first-order valence-electron chi connectivity index (χ1n) is 7.27. The highest BCUT2D eigenvalue weighted by atomic mass is 35.5. The first kappa shape index (κ1) is 19.9. The summed E-state index contributed by atoms with van der Waals surface area (Å²) in [6.45, 7) is -0.658. The predicted molar refractivity (Wildman–Crippen MR) is 93.7 cm³/mol. The quantitative estimate of drug-likeness (QED) is 0.544. The van der Waals surface area contributed by atoms with E-state index in [1.54, 1.807) is 0 Å². The molecule has 2 aromatic carbocycles. The maximum Gasteiger partial charge on any atom is 0.327 e. The van der Waals surface area contributed by atoms with E-state index in [0.717, 1.165) is 12.1 Å². The number of nitro benzene ring substituents is 1. The highest BCUT2D eigenvalue weighted by Gasteiger charge is 2.29. The lowest BCUT2D eigenvalue weighted by Crippen LogP contribution is -2.21. The molecule has 9 nitrogen and oxygen atoms in total. The van der Waals surface area contributed by atoms with E-state index < -0.39 is 46.2 Å². The number of ether oxygens (including phenoxy) is 2. The standard InChI is InChI=1S/C16H13ClFN3O6/c1-26-12-5-3-9(16(19)23)14(21(24)25)15(12)27-7-13(22)20-8-2-4-11(18)10(17)6-8/h2-6H,7H2,1H3,(H2,19,23)(H,20,22). The minimum Gasteiger partial charge on any atom is -0.493 e. The molecule has 2 rings (SSSR count). The fraction of sp³-hybridized carbons (Fsp3) is 0.125. The molecule has 0 spiro atoms. The second-order valence-electron chi connectivity index (χ2n) is 5.08. The SMILES string of the molecule is COc1ccc(C(N)=O)c([N+](=O)[O-])c1OCC(=O)Nc1ccc(F)c(Cl)c1. The van der Waals surface area contributed by atoms with E-state index in [-0.39, 0.29) is 16.5 Å². The number of carbonyl (C=O) groups is 2. The van der Waals surface area contributed by atoms with Gasteiger partial charge in [0.15, 0.2) is 12.4 Å². The van der Waals surface area contributed by atoms with Crippen LogP contribution in [0.1, 0.15) is 10.4 Å². The normalized spacial score (nSPS) is 10.2. The summed E-state index contributed by atoms with van der Waals surface area (Å²) < 4.78 is 23.3. The topological polar surface area (TPSA) is 134 Å². The summed E-state index contributed by atoms with van der Waals surface area (Å²) in [6.07, 6.45) is 0. The van der Waals surface area contributed by atoms with Gasteiger partial charge in [0.25, 0.3) is 11.8 Å². The van der Waals surface area contributed by atoms with Crippen molar-refractivity contribution in [2.24, 2.45) is 5.73 Å². The maximum atomic E-state index is 13.1. The van der Waals surface area contributed by atoms with Gasteiger partial charge in [-0.25, -0.2) is 4.39 Å². The fourth-order valence-electron chi connectivity index (χ4n) is 2.14. The Bertz CT molecular complexity index is 921. The number of nitrogens with one attached hydrogen (secondary N) is 1. The molecule has 0 aliphatic rings. The zero-order valence-electron chi connectivity index (χ0n) is 13.8. The lowest BCUT2D eigenvalue weighted by molar-refractivity contribution is -0.386. The van der Waals surface area contributed by atoms with Crippen LogP contribution in [-0.2, 0) is 4.79 Å². The highest BCUT2D eigenvalue weighted by molar-refractivity contribution is 6.31. The lowest BCUT2D eigenvalue weighted by Gasteiger charge is -2.12. The molecule has 27 heavy (non-hydrogen) atoms. The molecule has 0 radical (unpaired) electrons. The van der Waals surface area contributed by atoms with Crippen LogP contribution in [0.3, 0.4) is 0 Å². The molecule has 0 fully saturated rings. The summed E-state index contributed by atoms with van der Waals surface area (Å²) in [5.74, 6) is -2.90. The Morgan fingerprint density at radius 3 is 2.59 bits per heavy atom. The van der Waals surface area contributed by atoms with E-state index in [2.05, 4.69) is 5.32 Å². The number of nitrogens with zero attached hydrogens (tertiary/aromatic N) is 1. The van der Waals surface area contributed by atoms with Gasteiger partial charge in [0.2, 0.25) is 5.75 Å². The van der Waals surface area contributed by atoms with Gasteiger partial charge in [-0.05, 0) is 30.3 Å². The summed E-state index contributed by atoms with van der Waals surface area (Å²) in [7, 11) is 1.23. The molecule has 0 unspecified atom stereocenters. The Hall–Kier alpha value is -3.40. The van der Waals surface area contributed by atoms with Gasteiger partial charge in [-0.2, -0.15) is 0 Å². The summed E-state index contributed by atoms with van der Waals surface area (Å²) in [4.78, 5) is 33.9. The molecule has 0 saturated carbocycles. The van der Waals surface area contributed by atoms with Gasteiger partial charge in [0.1, 0.15) is 11.4 Å². The van der Waals surface area contributed by atoms with Gasteiger partial charge in [0.05, 0.1) is 17.1 Å². The van der Waals surface area contributed by atoms with E-state index in [1.165, 1.54) is 25.3 Å². The Balaban J connectivity index is 2.24. The van der Waals surface area contributed by atoms with Crippen molar-refractivity contribution in [1.29, 1.82) is 0 Å². The molecular weight excluding hydrogens is 385 g/mol. The van der Waals surface area contributed by atoms with E-state index in [9.17, 15) is 24.1 Å². The van der Waals surface area contributed by atoms with E-state index in [1.807, 2.05) is 0 Å². The third kappa shape index (κ3) is 4.61. The van der Waals surface area contributed by atoms with Gasteiger partial charge in [-0.1, -0.05) is 11.6 Å². The number of hydrogen-bond donors (Lipinski definition) is 2. The van der Waals surface area contributed by atoms with Crippen molar-refractivity contribution in [3.05, 3.63) is 56.8 Å². The van der Waals surface area contributed by atoms with Crippen LogP contribution in [0.4, 0.5) is 15.8 Å². The highest BCUT2D eigenvalue weighted by Crippen LogP contribution is 2.39. The van der Waals surface area contributed by atoms with Crippen molar-refractivity contribution in [3.63, 3.8) is 0 Å². The number of methoxy groups -OCH3 is 1. The lowest BCUT2D eigenvalue weighted by atomic mass is 10.1. The van der Waals surface area contributed by atoms with Crippen LogP contribution >= 0.6 is 11.6 Å². The van der Waals surface area contributed by atoms with Crippen molar-refractivity contribution >= 4 is 34.8 Å². The maximum absolute atomic E-state index is 13.1. The van der Waals surface area contributed by atoms with Crippen molar-refractivity contribution in [3.8, 4) is 11.5 Å². The third-order valence-corrected chi connectivity index (χ3v) is 3.60. The Morgan fingerprint density at radius 2 is 2.04 bits per heavy atom. The molecule has 0 atom stereocenters. The van der Waals surface area contributed by atoms with Crippen LogP contribution in [-0.4, -0.2) is 30.5 Å². The third-order valence-electron chi connectivity index (χ3n) is 3.31. The van der Waals surface area contributed by atoms with E-state index in [0.29, 0.717) is 0 Å². The van der Waals surface area contributed by atoms with Crippen LogP contribution in [0.5, 0.6) is 11.5 Å². The van der Waals surface area contributed by atoms with Crippen molar-refractivity contribution in [2.45, 2.75) is 0 Å². The van der Waals surface area contributed by atoms with Crippen molar-refractivity contribution in [2.75, 3.05) is 19.0 Å². The largest absolute Gasteiger partial charge is 0.493 e. The smallest absolute Gasteiger partial charge is 0.327 e. The zero-order chi connectivity index (χ0) is 20.1. The summed E-state index contributed by atoms with van der Waals surface area (Å²) in [5, 5.41) is 13.5. The van der Waals surface area contributed by atoms with E-state index in [4.69, 9.17) is 26.8 Å². The first-order chi connectivity index (χ1) is 12.7. The molecule has 0 bridgehead atoms. The van der Waals surface area contributed by atoms with Crippen LogP contribution < -0.4 is 20.5 Å². The molecule has 0 saturated heterocycles. The molecule has 0 heterocycles. The molecule has 0 aliphatic heterocycles. The van der Waals surface area contributed by atoms with Gasteiger partial charge in [-0.15, -0.1) is 0 Å². The van der Waals surface area contributed by atoms with Crippen LogP contribution in [0.15, 0.2) is 30.3 Å². The van der Waals surface area contributed by atoms with Crippen LogP contribution in [0, 0.1) is 15.9 Å². The molecule has 11 heteroatoms. The zero-order valence-corrected chi connectivity index (χ0v) is 14.6. The monoisotopic (exact) mass is 397 g/mol. The Morgan fingerprint density at radius 1 is 1.33 bits per heavy atom. The fourth-order valence-corrected chi connectivity index (χ4v) is 2.32. The van der Waals surface area contributed by atoms with Gasteiger partial charge >= 0.3 is 5.69 Å². The van der Waals surface area contributed by atoms with Gasteiger partial charge < -0.3 is 20.5 Å². The number of primary amides is 1. The molecule has 142 valence electrons. The predicted octanol–water partition coefficient (Wildman–Crippen LogP) is 2.51. The molecule has 0 aromatic heterocycles. The van der Waals surface area contributed by atoms with E-state index >= 15 is 0 Å². The van der Waals surface area contributed by atoms with Crippen molar-refractivity contribution in [1.82, 2.24) is 0 Å². The second-order valence-corrected chi connectivity index (χ2v) is 5.49. The Kier molecular flexibility index (Phi) is 6.14. The molecule has 3 N–H and O–H groups in total. The second kappa shape index (κ2) is 8.32. The number of halogens is 2. The minimum absolute atomic E-state index is 0.0654. The van der Waals surface area contributed by atoms with Gasteiger partial charge in [0, 0.05) is 5.69 Å². The molecule has 2 amide bonds. The molecule has 0 aliphatic carbocycles. The molecular formula is C16H13ClFN3O6. The minimum atomic E-state index is -1.04. The number of anilines is 1. The number of benzene rings is 2. The average molecular weight is 398 g/mol. The number of rotatable bonds is 7. The average Bonchev–Trinajstić information content (AvgIpc) is 2.61. The number of carbonyl (C=O) groups excluding carboxylic acids is 2. The first-order valence-corrected chi connectivity index (χ1v) is 7.65. The molecule has 2 aromatic rings. The number of nitro groups is 1. The number of amides is 2.